The average molecular weight is 338 g/mol. The normalized spacial score (nSPS) is 10.9. The largest absolute Gasteiger partial charge is 0.207 e. The van der Waals surface area contributed by atoms with Crippen LogP contribution >= 0.6 is 0 Å². The lowest BCUT2D eigenvalue weighted by atomic mass is 9.93. The van der Waals surface area contributed by atoms with Gasteiger partial charge in [0.15, 0.2) is 23.3 Å². The van der Waals surface area contributed by atoms with Gasteiger partial charge < -0.3 is 0 Å². The SMILES string of the molecule is Fc1cc(F)c(F)c(-c2ccccc2-c2cc(F)cc(F)c2F)c1. The molecule has 0 N–H and O–H groups in total. The van der Waals surface area contributed by atoms with Gasteiger partial charge in [-0.05, 0) is 23.3 Å². The van der Waals surface area contributed by atoms with E-state index >= 15 is 0 Å². The lowest BCUT2D eigenvalue weighted by molar-refractivity contribution is 0.496. The minimum absolute atomic E-state index is 0.0997. The molecule has 0 nitrogen and oxygen atoms in total. The van der Waals surface area contributed by atoms with Crippen molar-refractivity contribution in [1.82, 2.24) is 0 Å². The second kappa shape index (κ2) is 6.03. The van der Waals surface area contributed by atoms with E-state index in [1.54, 1.807) is 0 Å². The molecule has 0 aliphatic heterocycles. The maximum atomic E-state index is 14.0. The third kappa shape index (κ3) is 2.75. The fraction of sp³-hybridized carbons (Fsp3) is 0. The molecule has 0 saturated carbocycles. The summed E-state index contributed by atoms with van der Waals surface area (Å²) in [4.78, 5) is 0. The van der Waals surface area contributed by atoms with Crippen LogP contribution in [0.4, 0.5) is 26.3 Å². The fourth-order valence-electron chi connectivity index (χ4n) is 2.46. The highest BCUT2D eigenvalue weighted by Gasteiger charge is 2.20. The van der Waals surface area contributed by atoms with Crippen LogP contribution in [0.5, 0.6) is 0 Å². The van der Waals surface area contributed by atoms with E-state index in [9.17, 15) is 26.3 Å². The summed E-state index contributed by atoms with van der Waals surface area (Å²) in [6.45, 7) is 0. The van der Waals surface area contributed by atoms with Crippen LogP contribution < -0.4 is 0 Å². The van der Waals surface area contributed by atoms with Crippen molar-refractivity contribution in [3.05, 3.63) is 83.4 Å². The first-order chi connectivity index (χ1) is 11.4. The molecule has 0 saturated heterocycles. The first kappa shape index (κ1) is 16.1. The predicted molar refractivity (Wildman–Crippen MR) is 77.1 cm³/mol. The Morgan fingerprint density at radius 3 is 1.21 bits per heavy atom. The van der Waals surface area contributed by atoms with Crippen LogP contribution in [-0.4, -0.2) is 0 Å². The molecule has 24 heavy (non-hydrogen) atoms. The molecule has 0 radical (unpaired) electrons. The van der Waals surface area contributed by atoms with Crippen LogP contribution in [0.25, 0.3) is 22.3 Å². The topological polar surface area (TPSA) is 0 Å². The van der Waals surface area contributed by atoms with Crippen molar-refractivity contribution in [3.63, 3.8) is 0 Å². The van der Waals surface area contributed by atoms with Gasteiger partial charge in [0.2, 0.25) is 0 Å². The lowest BCUT2D eigenvalue weighted by Gasteiger charge is -2.12. The van der Waals surface area contributed by atoms with Gasteiger partial charge in [-0.2, -0.15) is 0 Å². The van der Waals surface area contributed by atoms with E-state index in [0.29, 0.717) is 12.1 Å². The molecule has 0 aliphatic rings. The zero-order chi connectivity index (χ0) is 17.4. The number of rotatable bonds is 2. The molecule has 0 atom stereocenters. The van der Waals surface area contributed by atoms with E-state index in [2.05, 4.69) is 0 Å². The average Bonchev–Trinajstić information content (AvgIpc) is 2.54. The van der Waals surface area contributed by atoms with Gasteiger partial charge in [0.1, 0.15) is 11.6 Å². The van der Waals surface area contributed by atoms with Gasteiger partial charge in [-0.3, -0.25) is 0 Å². The van der Waals surface area contributed by atoms with Crippen molar-refractivity contribution in [3.8, 4) is 22.3 Å². The summed E-state index contributed by atoms with van der Waals surface area (Å²) in [6.07, 6.45) is 0. The molecule has 3 aromatic rings. The summed E-state index contributed by atoms with van der Waals surface area (Å²) in [7, 11) is 0. The van der Waals surface area contributed by atoms with Crippen molar-refractivity contribution in [2.24, 2.45) is 0 Å². The fourth-order valence-corrected chi connectivity index (χ4v) is 2.46. The van der Waals surface area contributed by atoms with E-state index in [0.717, 1.165) is 12.1 Å². The van der Waals surface area contributed by atoms with Crippen molar-refractivity contribution in [2.75, 3.05) is 0 Å². The van der Waals surface area contributed by atoms with E-state index in [1.807, 2.05) is 0 Å². The molecule has 0 aromatic heterocycles. The summed E-state index contributed by atoms with van der Waals surface area (Å²) < 4.78 is 81.9. The van der Waals surface area contributed by atoms with Crippen molar-refractivity contribution in [1.29, 1.82) is 0 Å². The van der Waals surface area contributed by atoms with Gasteiger partial charge in [0, 0.05) is 23.3 Å². The van der Waals surface area contributed by atoms with Crippen molar-refractivity contribution >= 4 is 0 Å². The maximum Gasteiger partial charge on any atom is 0.166 e. The minimum atomic E-state index is -1.43. The smallest absolute Gasteiger partial charge is 0.166 e. The molecule has 0 amide bonds. The number of hydrogen-bond donors (Lipinski definition) is 0. The summed E-state index contributed by atoms with van der Waals surface area (Å²) in [6, 6.07) is 7.58. The van der Waals surface area contributed by atoms with Gasteiger partial charge in [-0.15, -0.1) is 0 Å². The predicted octanol–water partition coefficient (Wildman–Crippen LogP) is 5.86. The quantitative estimate of drug-likeness (QED) is 0.406. The monoisotopic (exact) mass is 338 g/mol. The molecule has 0 fully saturated rings. The first-order valence-corrected chi connectivity index (χ1v) is 6.77. The van der Waals surface area contributed by atoms with Crippen LogP contribution in [0.2, 0.25) is 0 Å². The highest BCUT2D eigenvalue weighted by atomic mass is 19.2. The second-order valence-electron chi connectivity index (χ2n) is 5.04. The second-order valence-corrected chi connectivity index (χ2v) is 5.04. The zero-order valence-electron chi connectivity index (χ0n) is 11.9. The number of halogens is 6. The molecule has 0 aliphatic carbocycles. The molecule has 3 aromatic carbocycles. The molecule has 0 bridgehead atoms. The minimum Gasteiger partial charge on any atom is -0.207 e. The summed E-state index contributed by atoms with van der Waals surface area (Å²) in [5, 5.41) is 0. The third-order valence-corrected chi connectivity index (χ3v) is 3.49. The Morgan fingerprint density at radius 1 is 0.458 bits per heavy atom. The Morgan fingerprint density at radius 2 is 0.833 bits per heavy atom. The van der Waals surface area contributed by atoms with Crippen molar-refractivity contribution < 1.29 is 26.3 Å². The van der Waals surface area contributed by atoms with Crippen LogP contribution in [0.3, 0.4) is 0 Å². The van der Waals surface area contributed by atoms with Crippen LogP contribution in [0, 0.1) is 34.9 Å². The van der Waals surface area contributed by atoms with Gasteiger partial charge in [-0.25, -0.2) is 26.3 Å². The van der Waals surface area contributed by atoms with E-state index in [-0.39, 0.29) is 11.1 Å². The molecule has 3 rings (SSSR count). The molecule has 0 spiro atoms. The van der Waals surface area contributed by atoms with Crippen LogP contribution in [-0.2, 0) is 0 Å². The maximum absolute atomic E-state index is 14.0. The van der Waals surface area contributed by atoms with Gasteiger partial charge >= 0.3 is 0 Å². The summed E-state index contributed by atoms with van der Waals surface area (Å²) in [5.41, 5.74) is -1.16. The van der Waals surface area contributed by atoms with Gasteiger partial charge in [0.25, 0.3) is 0 Å². The van der Waals surface area contributed by atoms with Crippen LogP contribution in [0.1, 0.15) is 0 Å². The number of benzene rings is 3. The highest BCUT2D eigenvalue weighted by Crippen LogP contribution is 2.36. The first-order valence-electron chi connectivity index (χ1n) is 6.77. The van der Waals surface area contributed by atoms with Crippen LogP contribution in [0.15, 0.2) is 48.5 Å². The molecule has 6 heteroatoms. The molecular weight excluding hydrogens is 330 g/mol. The van der Waals surface area contributed by atoms with E-state index in [4.69, 9.17) is 0 Å². The highest BCUT2D eigenvalue weighted by molar-refractivity contribution is 5.84. The van der Waals surface area contributed by atoms with E-state index in [1.165, 1.54) is 24.3 Å². The number of hydrogen-bond acceptors (Lipinski definition) is 0. The molecular formula is C18H8F6. The van der Waals surface area contributed by atoms with E-state index < -0.39 is 46.0 Å². The Bertz CT molecular complexity index is 857. The Labute approximate surface area is 133 Å². The molecule has 122 valence electrons. The Hall–Kier alpha value is -2.76. The summed E-state index contributed by atoms with van der Waals surface area (Å²) >= 11 is 0. The zero-order valence-corrected chi connectivity index (χ0v) is 11.9. The standard InChI is InChI=1S/C18H8F6/c19-9-5-13(17(23)15(21)7-9)11-3-1-2-4-12(11)14-6-10(20)8-16(22)18(14)24/h1-8H. The van der Waals surface area contributed by atoms with Gasteiger partial charge in [-0.1, -0.05) is 24.3 Å². The molecule has 0 heterocycles. The van der Waals surface area contributed by atoms with Gasteiger partial charge in [0.05, 0.1) is 0 Å². The van der Waals surface area contributed by atoms with Crippen molar-refractivity contribution in [2.45, 2.75) is 0 Å². The Balaban J connectivity index is 2.32. The third-order valence-electron chi connectivity index (χ3n) is 3.49. The lowest BCUT2D eigenvalue weighted by Crippen LogP contribution is -1.97. The molecule has 0 unspecified atom stereocenters. The Kier molecular flexibility index (Phi) is 4.05. The summed E-state index contributed by atoms with van der Waals surface area (Å²) in [5.74, 6) is -7.62.